The maximum absolute atomic E-state index is 2.85. The lowest BCUT2D eigenvalue weighted by atomic mass is 10.1. The Labute approximate surface area is 312 Å². The van der Waals surface area contributed by atoms with Crippen molar-refractivity contribution in [2.45, 2.75) is 183 Å². The monoisotopic (exact) mass is 766 g/mol. The summed E-state index contributed by atoms with van der Waals surface area (Å²) in [6.45, 7) is 38.9. The third-order valence-electron chi connectivity index (χ3n) is 11.2. The smallest absolute Gasteiger partial charge is 0.0734 e. The average Bonchev–Trinajstić information content (AvgIpc) is 3.00. The highest BCUT2D eigenvalue weighted by molar-refractivity contribution is 7.49. The highest BCUT2D eigenvalue weighted by Gasteiger charge is 2.56. The van der Waals surface area contributed by atoms with Crippen LogP contribution in [-0.2, 0) is 38.5 Å². The molecule has 0 aromatic carbocycles. The molecule has 49 heavy (non-hydrogen) atoms. The second-order valence-corrected chi connectivity index (χ2v) is 37.1. The van der Waals surface area contributed by atoms with Gasteiger partial charge in [-0.05, 0) is 128 Å². The third kappa shape index (κ3) is 9.59. The fraction of sp³-hybridized carbons (Fsp3) is 0.651. The molecule has 0 saturated heterocycles. The van der Waals surface area contributed by atoms with Crippen LogP contribution in [0.5, 0.6) is 0 Å². The molecule has 272 valence electrons. The largest absolute Gasteiger partial charge is 0.0854 e. The van der Waals surface area contributed by atoms with Gasteiger partial charge in [-0.3, -0.25) is 0 Å². The number of hydrogen-bond acceptors (Lipinski definition) is 0. The van der Waals surface area contributed by atoms with Gasteiger partial charge in [0, 0.05) is 0 Å². The summed E-state index contributed by atoms with van der Waals surface area (Å²) < 4.78 is 0. The molecule has 3 aromatic heterocycles. The van der Waals surface area contributed by atoms with E-state index < -0.39 is 24.2 Å². The maximum atomic E-state index is 2.85. The molecule has 3 aromatic rings. The van der Waals surface area contributed by atoms with Crippen LogP contribution < -0.4 is 14.8 Å². The van der Waals surface area contributed by atoms with Crippen molar-refractivity contribution in [1.82, 2.24) is 0 Å². The molecule has 0 unspecified atom stereocenters. The Bertz CT molecular complexity index is 1370. The Hall–Kier alpha value is -0.399. The molecule has 3 heterocycles. The van der Waals surface area contributed by atoms with Crippen LogP contribution in [0.3, 0.4) is 0 Å². The van der Waals surface area contributed by atoms with Crippen molar-refractivity contribution < 1.29 is 0 Å². The summed E-state index contributed by atoms with van der Waals surface area (Å²) in [5.74, 6) is 0. The Morgan fingerprint density at radius 2 is 0.633 bits per heavy atom. The van der Waals surface area contributed by atoms with Crippen molar-refractivity contribution in [3.63, 3.8) is 0 Å². The first-order valence-corrected chi connectivity index (χ1v) is 32.0. The van der Waals surface area contributed by atoms with Crippen LogP contribution in [0.4, 0.5) is 0 Å². The lowest BCUT2D eigenvalue weighted by Gasteiger charge is -2.51. The van der Waals surface area contributed by atoms with E-state index in [0.29, 0.717) is 0 Å². The molecule has 0 aliphatic carbocycles. The summed E-state index contributed by atoms with van der Waals surface area (Å²) in [7, 11) is -1.15. The van der Waals surface area contributed by atoms with Gasteiger partial charge in [-0.15, -0.1) is 0 Å². The zero-order chi connectivity index (χ0) is 36.7. The van der Waals surface area contributed by atoms with Gasteiger partial charge in [0.15, 0.2) is 0 Å². The standard InChI is InChI=1S/C43H73P3Si3/c1-16-22-34-28-31(7)40(44-37(34)25-19-4)47(10,11)43(48(12,13)41-32(8)29-35(23-17-2)38(45-41)26-20-5)49(14,15)42-33(9)30-36(24-18-3)39(46-42)27-21-6/h28-30,43H,16-27H2,1-15H3. The minimum Gasteiger partial charge on any atom is -0.0734 e. The van der Waals surface area contributed by atoms with Gasteiger partial charge in [-0.1, -0.05) is 162 Å². The Morgan fingerprint density at radius 3 is 0.837 bits per heavy atom. The summed E-state index contributed by atoms with van der Waals surface area (Å²) in [5.41, 5.74) is 9.88. The lowest BCUT2D eigenvalue weighted by molar-refractivity contribution is 0.875. The molecular formula is C43H73P3Si3. The average molecular weight is 767 g/mol. The van der Waals surface area contributed by atoms with Crippen LogP contribution in [0.2, 0.25) is 44.1 Å². The van der Waals surface area contributed by atoms with Crippen molar-refractivity contribution in [2.24, 2.45) is 0 Å². The van der Waals surface area contributed by atoms with E-state index in [1.54, 1.807) is 73.8 Å². The van der Waals surface area contributed by atoms with Crippen molar-refractivity contribution in [2.75, 3.05) is 0 Å². The Morgan fingerprint density at radius 1 is 0.408 bits per heavy atom. The second kappa shape index (κ2) is 18.6. The molecular weight excluding hydrogens is 694 g/mol. The predicted octanol–water partition coefficient (Wildman–Crippen LogP) is 13.7. The second-order valence-electron chi connectivity index (χ2n) is 16.9. The molecule has 0 nitrogen and oxygen atoms in total. The first kappa shape index (κ1) is 43.0. The van der Waals surface area contributed by atoms with Crippen molar-refractivity contribution in [3.8, 4) is 0 Å². The van der Waals surface area contributed by atoms with E-state index >= 15 is 0 Å². The fourth-order valence-corrected chi connectivity index (χ4v) is 49.9. The summed E-state index contributed by atoms with van der Waals surface area (Å²) in [6, 6.07) is 8.01. The normalized spacial score (nSPS) is 13.8. The minimum absolute atomic E-state index is 0.817. The zero-order valence-corrected chi connectivity index (χ0v) is 40.3. The molecule has 0 N–H and O–H groups in total. The Balaban J connectivity index is 2.46. The van der Waals surface area contributed by atoms with Crippen molar-refractivity contribution >= 4 is 63.6 Å². The molecule has 6 heteroatoms. The van der Waals surface area contributed by atoms with E-state index in [9.17, 15) is 0 Å². The third-order valence-corrected chi connectivity index (χ3v) is 43.6. The van der Waals surface area contributed by atoms with Gasteiger partial charge in [-0.2, -0.15) is 0 Å². The number of aryl methyl sites for hydroxylation is 9. The van der Waals surface area contributed by atoms with Crippen LogP contribution in [0.15, 0.2) is 18.2 Å². The Kier molecular flexibility index (Phi) is 16.3. The van der Waals surface area contributed by atoms with Crippen LogP contribution in [0.25, 0.3) is 0 Å². The van der Waals surface area contributed by atoms with E-state index in [0.717, 1.165) is 4.79 Å². The highest BCUT2D eigenvalue weighted by atomic mass is 31.0. The molecule has 3 rings (SSSR count). The molecule has 0 radical (unpaired) electrons. The van der Waals surface area contributed by atoms with Gasteiger partial charge in [0.25, 0.3) is 0 Å². The van der Waals surface area contributed by atoms with Gasteiger partial charge >= 0.3 is 0 Å². The topological polar surface area (TPSA) is 0 Å². The molecule has 0 saturated carbocycles. The summed E-state index contributed by atoms with van der Waals surface area (Å²) in [5, 5.41) is 5.24. The molecule has 0 aliphatic rings. The van der Waals surface area contributed by atoms with Crippen molar-refractivity contribution in [3.05, 3.63) is 67.5 Å². The van der Waals surface area contributed by atoms with Crippen LogP contribution >= 0.6 is 24.6 Å². The molecule has 0 aliphatic heterocycles. The van der Waals surface area contributed by atoms with Gasteiger partial charge in [0.2, 0.25) is 0 Å². The van der Waals surface area contributed by atoms with Gasteiger partial charge in [0.05, 0.1) is 24.2 Å². The van der Waals surface area contributed by atoms with Crippen LogP contribution in [-0.4, -0.2) is 24.2 Å². The first-order chi connectivity index (χ1) is 23.1. The highest BCUT2D eigenvalue weighted by Crippen LogP contribution is 2.45. The summed E-state index contributed by atoms with van der Waals surface area (Å²) in [4.78, 5) is 6.44. The molecule has 0 amide bonds. The quantitative estimate of drug-likeness (QED) is 0.113. The number of rotatable bonds is 18. The van der Waals surface area contributed by atoms with E-state index in [-0.39, 0.29) is 0 Å². The van der Waals surface area contributed by atoms with E-state index in [1.807, 2.05) is 14.8 Å². The first-order valence-electron chi connectivity index (χ1n) is 20.1. The maximum Gasteiger partial charge on any atom is 0.0854 e. The SMILES string of the molecule is CCCc1cc(C)c([Si](C)(C)C([Si](C)(C)c2pc(CCC)c(CCC)cc2C)[Si](C)(C)c2pc(CCC)c(CCC)cc2C)pc1CCC. The van der Waals surface area contributed by atoms with Gasteiger partial charge in [-0.25, -0.2) is 0 Å². The summed E-state index contributed by atoms with van der Waals surface area (Å²) >= 11 is 0. The van der Waals surface area contributed by atoms with Crippen molar-refractivity contribution in [1.29, 1.82) is 0 Å². The van der Waals surface area contributed by atoms with Gasteiger partial charge in [0.1, 0.15) is 0 Å². The fourth-order valence-electron chi connectivity index (χ4n) is 10.0. The van der Waals surface area contributed by atoms with E-state index in [4.69, 9.17) is 0 Å². The van der Waals surface area contributed by atoms with E-state index in [2.05, 4.69) is 120 Å². The number of hydrogen-bond donors (Lipinski definition) is 0. The van der Waals surface area contributed by atoms with Crippen LogP contribution in [0, 0.1) is 20.8 Å². The summed E-state index contributed by atoms with van der Waals surface area (Å²) in [6.07, 6.45) is 15.0. The van der Waals surface area contributed by atoms with E-state index in [1.165, 1.54) is 77.0 Å². The van der Waals surface area contributed by atoms with Crippen LogP contribution in [0.1, 0.15) is 129 Å². The predicted molar refractivity (Wildman–Crippen MR) is 240 cm³/mol. The zero-order valence-electron chi connectivity index (χ0n) is 34.6. The molecule has 0 bridgehead atoms. The molecule has 0 spiro atoms. The molecule has 0 fully saturated rings. The minimum atomic E-state index is -1.97. The van der Waals surface area contributed by atoms with Gasteiger partial charge < -0.3 is 0 Å². The lowest BCUT2D eigenvalue weighted by Crippen LogP contribution is -2.70. The molecule has 0 atom stereocenters.